The van der Waals surface area contributed by atoms with E-state index in [1.165, 1.54) is 12.8 Å². The third-order valence-electron chi connectivity index (χ3n) is 4.78. The molecule has 158 valence electrons. The summed E-state index contributed by atoms with van der Waals surface area (Å²) in [6.07, 6.45) is 4.47. The number of guanidine groups is 1. The third kappa shape index (κ3) is 7.49. The van der Waals surface area contributed by atoms with Gasteiger partial charge < -0.3 is 15.4 Å². The maximum absolute atomic E-state index is 12.4. The van der Waals surface area contributed by atoms with Crippen molar-refractivity contribution in [2.75, 3.05) is 26.2 Å². The van der Waals surface area contributed by atoms with Crippen LogP contribution in [0.4, 0.5) is 0 Å². The fourth-order valence-electron chi connectivity index (χ4n) is 2.94. The van der Waals surface area contributed by atoms with E-state index in [0.29, 0.717) is 19.7 Å². The molecule has 2 fully saturated rings. The SMILES string of the molecule is CCNC(=NCc1ccc(S(=O)(=O)NCC2CCCO2)cc1)NCC1CC1.I. The summed E-state index contributed by atoms with van der Waals surface area (Å²) in [5, 5.41) is 6.59. The van der Waals surface area contributed by atoms with E-state index < -0.39 is 10.0 Å². The van der Waals surface area contributed by atoms with E-state index in [4.69, 9.17) is 4.74 Å². The predicted octanol–water partition coefficient (Wildman–Crippen LogP) is 2.23. The van der Waals surface area contributed by atoms with Crippen molar-refractivity contribution in [3.8, 4) is 0 Å². The number of sulfonamides is 1. The van der Waals surface area contributed by atoms with Gasteiger partial charge in [-0.25, -0.2) is 18.1 Å². The molecule has 0 radical (unpaired) electrons. The standard InChI is InChI=1S/C19H30N4O3S.HI/c1-2-20-19(21-12-15-5-6-15)22-13-16-7-9-18(10-8-16)27(24,25)23-14-17-4-3-11-26-17;/h7-10,15,17,23H,2-6,11-14H2,1H3,(H2,20,21,22);1H. The Labute approximate surface area is 185 Å². The Balaban J connectivity index is 0.00000280. The van der Waals surface area contributed by atoms with Crippen LogP contribution in [-0.4, -0.2) is 46.7 Å². The minimum atomic E-state index is -3.51. The van der Waals surface area contributed by atoms with E-state index in [-0.39, 0.29) is 35.0 Å². The first-order chi connectivity index (χ1) is 13.1. The largest absolute Gasteiger partial charge is 0.377 e. The van der Waals surface area contributed by atoms with Crippen LogP contribution in [0.5, 0.6) is 0 Å². The molecule has 1 unspecified atom stereocenters. The Morgan fingerprint density at radius 3 is 2.50 bits per heavy atom. The molecule has 28 heavy (non-hydrogen) atoms. The molecule has 1 aromatic rings. The number of benzene rings is 1. The van der Waals surface area contributed by atoms with Gasteiger partial charge in [-0.2, -0.15) is 0 Å². The van der Waals surface area contributed by atoms with Gasteiger partial charge in [0.05, 0.1) is 17.5 Å². The van der Waals surface area contributed by atoms with Crippen LogP contribution < -0.4 is 15.4 Å². The highest BCUT2D eigenvalue weighted by atomic mass is 127. The van der Waals surface area contributed by atoms with Crippen LogP contribution >= 0.6 is 24.0 Å². The predicted molar refractivity (Wildman–Crippen MR) is 122 cm³/mol. The van der Waals surface area contributed by atoms with Gasteiger partial charge in [0.15, 0.2) is 5.96 Å². The number of nitrogens with zero attached hydrogens (tertiary/aromatic N) is 1. The van der Waals surface area contributed by atoms with E-state index in [9.17, 15) is 8.42 Å². The van der Waals surface area contributed by atoms with Crippen LogP contribution in [0.2, 0.25) is 0 Å². The van der Waals surface area contributed by atoms with Crippen molar-refractivity contribution in [1.82, 2.24) is 15.4 Å². The second-order valence-electron chi connectivity index (χ2n) is 7.15. The molecule has 1 saturated heterocycles. The topological polar surface area (TPSA) is 91.8 Å². The zero-order valence-corrected chi connectivity index (χ0v) is 19.5. The number of hydrogen-bond acceptors (Lipinski definition) is 4. The molecular weight excluding hydrogens is 491 g/mol. The summed E-state index contributed by atoms with van der Waals surface area (Å²) in [5.41, 5.74) is 0.969. The van der Waals surface area contributed by atoms with Crippen LogP contribution in [0, 0.1) is 5.92 Å². The summed E-state index contributed by atoms with van der Waals surface area (Å²) in [6.45, 7) is 5.35. The van der Waals surface area contributed by atoms with Crippen molar-refractivity contribution in [2.45, 2.75) is 50.2 Å². The summed E-state index contributed by atoms with van der Waals surface area (Å²) >= 11 is 0. The lowest BCUT2D eigenvalue weighted by Crippen LogP contribution is -2.38. The molecule has 2 aliphatic rings. The average Bonchev–Trinajstić information content (AvgIpc) is 3.35. The Hall–Kier alpha value is -0.910. The zero-order chi connectivity index (χ0) is 19.1. The number of halogens is 1. The molecule has 1 aliphatic heterocycles. The van der Waals surface area contributed by atoms with Gasteiger partial charge in [0.1, 0.15) is 0 Å². The molecule has 7 nitrogen and oxygen atoms in total. The minimum Gasteiger partial charge on any atom is -0.377 e. The normalized spacial score (nSPS) is 19.9. The molecule has 1 saturated carbocycles. The number of hydrogen-bond donors (Lipinski definition) is 3. The van der Waals surface area contributed by atoms with Gasteiger partial charge in [0.25, 0.3) is 0 Å². The Kier molecular flexibility index (Phi) is 9.45. The lowest BCUT2D eigenvalue weighted by molar-refractivity contribution is 0.114. The molecule has 3 rings (SSSR count). The molecule has 1 heterocycles. The van der Waals surface area contributed by atoms with Gasteiger partial charge in [0.2, 0.25) is 10.0 Å². The van der Waals surface area contributed by atoms with Gasteiger partial charge in [-0.3, -0.25) is 0 Å². The molecule has 1 atom stereocenters. The van der Waals surface area contributed by atoms with Crippen molar-refractivity contribution in [3.63, 3.8) is 0 Å². The molecule has 0 amide bonds. The van der Waals surface area contributed by atoms with Gasteiger partial charge in [-0.05, 0) is 56.2 Å². The third-order valence-corrected chi connectivity index (χ3v) is 6.22. The highest BCUT2D eigenvalue weighted by Gasteiger charge is 2.21. The fraction of sp³-hybridized carbons (Fsp3) is 0.632. The van der Waals surface area contributed by atoms with Crippen molar-refractivity contribution in [3.05, 3.63) is 29.8 Å². The van der Waals surface area contributed by atoms with Gasteiger partial charge in [-0.15, -0.1) is 24.0 Å². The van der Waals surface area contributed by atoms with Crippen molar-refractivity contribution < 1.29 is 13.2 Å². The quantitative estimate of drug-likeness (QED) is 0.263. The van der Waals surface area contributed by atoms with Crippen molar-refractivity contribution >= 4 is 40.0 Å². The second-order valence-corrected chi connectivity index (χ2v) is 8.92. The van der Waals surface area contributed by atoms with Gasteiger partial charge in [-0.1, -0.05) is 12.1 Å². The van der Waals surface area contributed by atoms with Crippen molar-refractivity contribution in [2.24, 2.45) is 10.9 Å². The van der Waals surface area contributed by atoms with E-state index >= 15 is 0 Å². The number of rotatable bonds is 9. The van der Waals surface area contributed by atoms with E-state index in [1.807, 2.05) is 19.1 Å². The molecule has 0 spiro atoms. The van der Waals surface area contributed by atoms with E-state index in [1.54, 1.807) is 12.1 Å². The molecule has 3 N–H and O–H groups in total. The van der Waals surface area contributed by atoms with E-state index in [0.717, 1.165) is 43.4 Å². The maximum atomic E-state index is 12.4. The number of aliphatic imine (C=N–C) groups is 1. The lowest BCUT2D eigenvalue weighted by atomic mass is 10.2. The highest BCUT2D eigenvalue weighted by Crippen LogP contribution is 2.27. The molecule has 0 bridgehead atoms. The molecule has 0 aromatic heterocycles. The highest BCUT2D eigenvalue weighted by molar-refractivity contribution is 14.0. The monoisotopic (exact) mass is 522 g/mol. The summed E-state index contributed by atoms with van der Waals surface area (Å²) in [4.78, 5) is 4.85. The minimum absolute atomic E-state index is 0. The summed E-state index contributed by atoms with van der Waals surface area (Å²) in [7, 11) is -3.51. The molecular formula is C19H31IN4O3S. The van der Waals surface area contributed by atoms with Gasteiger partial charge >= 0.3 is 0 Å². The fourth-order valence-corrected chi connectivity index (χ4v) is 4.01. The first-order valence-corrected chi connectivity index (χ1v) is 11.3. The Morgan fingerprint density at radius 2 is 1.89 bits per heavy atom. The first kappa shape index (κ1) is 23.4. The Morgan fingerprint density at radius 1 is 1.14 bits per heavy atom. The lowest BCUT2D eigenvalue weighted by Gasteiger charge is -2.12. The molecule has 9 heteroatoms. The summed E-state index contributed by atoms with van der Waals surface area (Å²) < 4.78 is 32.9. The van der Waals surface area contributed by atoms with Crippen molar-refractivity contribution in [1.29, 1.82) is 0 Å². The van der Waals surface area contributed by atoms with Crippen LogP contribution in [0.3, 0.4) is 0 Å². The first-order valence-electron chi connectivity index (χ1n) is 9.79. The van der Waals surface area contributed by atoms with Crippen LogP contribution in [0.25, 0.3) is 0 Å². The summed E-state index contributed by atoms with van der Waals surface area (Å²) in [6, 6.07) is 6.89. The average molecular weight is 522 g/mol. The van der Waals surface area contributed by atoms with E-state index in [2.05, 4.69) is 20.3 Å². The zero-order valence-electron chi connectivity index (χ0n) is 16.3. The molecule has 1 aromatic carbocycles. The summed E-state index contributed by atoms with van der Waals surface area (Å²) in [5.74, 6) is 1.58. The maximum Gasteiger partial charge on any atom is 0.240 e. The smallest absolute Gasteiger partial charge is 0.240 e. The second kappa shape index (κ2) is 11.3. The van der Waals surface area contributed by atoms with Crippen LogP contribution in [-0.2, 0) is 21.3 Å². The van der Waals surface area contributed by atoms with Gasteiger partial charge in [0, 0.05) is 26.2 Å². The number of ether oxygens (including phenoxy) is 1. The van der Waals surface area contributed by atoms with Crippen LogP contribution in [0.1, 0.15) is 38.2 Å². The molecule has 1 aliphatic carbocycles. The van der Waals surface area contributed by atoms with Crippen LogP contribution in [0.15, 0.2) is 34.2 Å². The number of nitrogens with one attached hydrogen (secondary N) is 3. The Bertz CT molecular complexity index is 730.